The summed E-state index contributed by atoms with van der Waals surface area (Å²) in [5.41, 5.74) is 6.27. The number of carbonyl (C=O) groups is 3. The molecule has 1 aliphatic rings. The van der Waals surface area contributed by atoms with Gasteiger partial charge in [0.25, 0.3) is 12.1 Å². The number of H-pyrrole nitrogens is 1. The van der Waals surface area contributed by atoms with E-state index >= 15 is 0 Å². The first-order valence-corrected chi connectivity index (χ1v) is 10.4. The van der Waals surface area contributed by atoms with E-state index in [1.54, 1.807) is 5.80 Å². The Balaban J connectivity index is 2.09. The monoisotopic (exact) mass is 435 g/mol. The molecule has 1 unspecified atom stereocenters. The lowest BCUT2D eigenvalue weighted by atomic mass is 10.1. The van der Waals surface area contributed by atoms with Crippen LogP contribution in [0.15, 0.2) is 12.1 Å². The van der Waals surface area contributed by atoms with E-state index < -0.39 is 49.6 Å². The third-order valence-corrected chi connectivity index (χ3v) is 6.80. The number of aromatic nitrogens is 2. The minimum Gasteiger partial charge on any atom is -0.463 e. The minimum absolute atomic E-state index is 0.177. The summed E-state index contributed by atoms with van der Waals surface area (Å²) in [5.74, 6) is -0.663. The second-order valence-electron chi connectivity index (χ2n) is 6.59. The average molecular weight is 435 g/mol. The second kappa shape index (κ2) is 8.65. The van der Waals surface area contributed by atoms with Crippen molar-refractivity contribution in [2.75, 3.05) is 12.3 Å². The highest BCUT2D eigenvalue weighted by molar-refractivity contribution is 7.55. The van der Waals surface area contributed by atoms with Gasteiger partial charge in [-0.3, -0.25) is 14.4 Å². The van der Waals surface area contributed by atoms with Gasteiger partial charge in [0.15, 0.2) is 17.5 Å². The van der Waals surface area contributed by atoms with Crippen LogP contribution < -0.4 is 10.7 Å². The van der Waals surface area contributed by atoms with Gasteiger partial charge in [-0.25, -0.2) is 4.98 Å². The van der Waals surface area contributed by atoms with Crippen LogP contribution >= 0.6 is 7.53 Å². The Morgan fingerprint density at radius 2 is 1.90 bits per heavy atom. The van der Waals surface area contributed by atoms with Crippen molar-refractivity contribution in [3.05, 3.63) is 17.7 Å². The predicted octanol–water partition coefficient (Wildman–Crippen LogP) is 0.813. The molecule has 1 aliphatic heterocycles. The van der Waals surface area contributed by atoms with E-state index in [1.807, 2.05) is 0 Å². The van der Waals surface area contributed by atoms with Crippen LogP contribution in [-0.4, -0.2) is 47.8 Å². The van der Waals surface area contributed by atoms with Crippen molar-refractivity contribution in [2.24, 2.45) is 0 Å². The first kappa shape index (κ1) is 21.5. The number of aromatic amines is 1. The van der Waals surface area contributed by atoms with Crippen LogP contribution in [0.4, 0.5) is 5.82 Å². The van der Waals surface area contributed by atoms with Crippen LogP contribution in [0.3, 0.4) is 0 Å². The molecule has 3 rings (SSSR count). The summed E-state index contributed by atoms with van der Waals surface area (Å²) in [4.78, 5) is 41.7. The summed E-state index contributed by atoms with van der Waals surface area (Å²) in [6, 6.07) is 2.08. The van der Waals surface area contributed by atoms with E-state index in [1.165, 1.54) is 27.1 Å². The average Bonchev–Trinajstić information content (AvgIpc) is 3.19. The zero-order chi connectivity index (χ0) is 22.0. The molecule has 1 saturated heterocycles. The normalized spacial score (nSPS) is 23.6. The summed E-state index contributed by atoms with van der Waals surface area (Å²) in [6.07, 6.45) is -1.45. The molecule has 2 aromatic rings. The first-order valence-electron chi connectivity index (χ1n) is 8.93. The highest BCUT2D eigenvalue weighted by Gasteiger charge is 2.51. The van der Waals surface area contributed by atoms with Crippen molar-refractivity contribution in [1.82, 2.24) is 4.98 Å². The Hall–Kier alpha value is -3.22. The topological polar surface area (TPSA) is 165 Å². The van der Waals surface area contributed by atoms with Crippen LogP contribution in [-0.2, 0) is 33.3 Å². The number of nitrogen functional groups attached to an aromatic ring is 1. The van der Waals surface area contributed by atoms with Crippen LogP contribution in [0.1, 0.15) is 32.2 Å². The van der Waals surface area contributed by atoms with Crippen molar-refractivity contribution in [3.63, 3.8) is 0 Å². The fraction of sp³-hybridized carbons (Fsp3) is 0.444. The highest BCUT2D eigenvalue weighted by atomic mass is 31.1. The van der Waals surface area contributed by atoms with Crippen molar-refractivity contribution in [1.29, 1.82) is 5.26 Å². The number of carbonyl (C=O) groups excluding carboxylic acids is 3. The number of nitrogens with one attached hydrogen (secondary N) is 1. The third-order valence-electron chi connectivity index (χ3n) is 4.43. The fourth-order valence-electron chi connectivity index (χ4n) is 3.36. The molecule has 5 atom stereocenters. The maximum atomic E-state index is 11.8. The molecular formula is C18H20N4O7P+. The largest absolute Gasteiger partial charge is 0.463 e. The molecule has 1 fully saturated rings. The van der Waals surface area contributed by atoms with Crippen LogP contribution in [0, 0.1) is 11.3 Å². The number of hydrogen-bond acceptors (Lipinski definition) is 10. The van der Waals surface area contributed by atoms with E-state index in [2.05, 4.69) is 16.0 Å². The van der Waals surface area contributed by atoms with Gasteiger partial charge < -0.3 is 24.7 Å². The molecule has 0 amide bonds. The molecule has 158 valence electrons. The Kier molecular flexibility index (Phi) is 6.20. The summed E-state index contributed by atoms with van der Waals surface area (Å²) in [7, 11) is -1.39. The second-order valence-corrected chi connectivity index (χ2v) is 8.62. The molecule has 0 radical (unpaired) electrons. The number of hydrogen-bond donors (Lipinski definition) is 1. The Morgan fingerprint density at radius 3 is 2.50 bits per heavy atom. The SMILES string of the molecule is CC(=O)OC[C@H]1O[C@@H](p2cc(C#N)c3c(N)nc[nH+]c32)[C@H](OC(C)=O)[C@@H]1OC(C)=O. The van der Waals surface area contributed by atoms with E-state index in [9.17, 15) is 19.6 Å². The fourth-order valence-corrected chi connectivity index (χ4v) is 5.89. The Bertz CT molecular complexity index is 1050. The molecule has 11 nitrogen and oxygen atoms in total. The van der Waals surface area contributed by atoms with E-state index in [0.29, 0.717) is 16.2 Å². The van der Waals surface area contributed by atoms with E-state index in [-0.39, 0.29) is 12.4 Å². The maximum absolute atomic E-state index is 11.8. The van der Waals surface area contributed by atoms with Gasteiger partial charge in [0.05, 0.1) is 5.56 Å². The zero-order valence-electron chi connectivity index (χ0n) is 16.4. The van der Waals surface area contributed by atoms with Gasteiger partial charge in [-0.15, -0.1) is 0 Å². The predicted molar refractivity (Wildman–Crippen MR) is 102 cm³/mol. The number of nitriles is 1. The lowest BCUT2D eigenvalue weighted by Gasteiger charge is -2.23. The molecular weight excluding hydrogens is 415 g/mol. The molecule has 0 aliphatic carbocycles. The first-order chi connectivity index (χ1) is 14.2. The van der Waals surface area contributed by atoms with Gasteiger partial charge in [-0.2, -0.15) is 5.26 Å². The van der Waals surface area contributed by atoms with Gasteiger partial charge >= 0.3 is 17.9 Å². The molecule has 0 aromatic carbocycles. The van der Waals surface area contributed by atoms with E-state index in [4.69, 9.17) is 24.7 Å². The number of nitrogens with two attached hydrogens (primary N) is 1. The Labute approximate surface area is 172 Å². The molecule has 12 heteroatoms. The molecule has 3 heterocycles. The van der Waals surface area contributed by atoms with Gasteiger partial charge in [0.1, 0.15) is 30.0 Å². The molecule has 30 heavy (non-hydrogen) atoms. The standard InChI is InChI=1S/C18H19N4O7P/c1-8(23)26-5-12-14(27-9(2)24)15(28-10(3)25)18(29-12)30-6-11(4-19)13-16(20)21-7-22-17(13)30/h6-7,12,14-15,18H,5H2,1-3H3,(H2,20,21,22)/p+1/t12-,14-,15-,18+,30?/m1/s1. The number of anilines is 1. The molecule has 0 spiro atoms. The van der Waals surface area contributed by atoms with Crippen molar-refractivity contribution >= 4 is 41.9 Å². The highest BCUT2D eigenvalue weighted by Crippen LogP contribution is 2.55. The lowest BCUT2D eigenvalue weighted by molar-refractivity contribution is -0.346. The van der Waals surface area contributed by atoms with Gasteiger partial charge in [-0.1, -0.05) is 0 Å². The molecule has 2 aromatic heterocycles. The van der Waals surface area contributed by atoms with Gasteiger partial charge in [0, 0.05) is 20.8 Å². The summed E-state index contributed by atoms with van der Waals surface area (Å²) < 4.78 is 21.9. The molecule has 0 bridgehead atoms. The number of ether oxygens (including phenoxy) is 4. The minimum atomic E-state index is -1.39. The summed E-state index contributed by atoms with van der Waals surface area (Å²) in [5, 5.41) is 10.6. The third kappa shape index (κ3) is 4.20. The smallest absolute Gasteiger partial charge is 0.303 e. The number of nitrogens with zero attached hydrogens (tertiary/aromatic N) is 2. The summed E-state index contributed by atoms with van der Waals surface area (Å²) in [6.45, 7) is 3.47. The van der Waals surface area contributed by atoms with E-state index in [0.717, 1.165) is 0 Å². The van der Waals surface area contributed by atoms with Crippen LogP contribution in [0.5, 0.6) is 0 Å². The summed E-state index contributed by atoms with van der Waals surface area (Å²) >= 11 is 0. The van der Waals surface area contributed by atoms with Gasteiger partial charge in [0.2, 0.25) is 0 Å². The Morgan fingerprint density at radius 1 is 1.23 bits per heavy atom. The lowest BCUT2D eigenvalue weighted by Crippen LogP contribution is -2.39. The van der Waals surface area contributed by atoms with Crippen molar-refractivity contribution in [3.8, 4) is 6.07 Å². The number of esters is 3. The van der Waals surface area contributed by atoms with Crippen LogP contribution in [0.2, 0.25) is 0 Å². The number of fused-ring (bicyclic) bond motifs is 1. The van der Waals surface area contributed by atoms with Crippen molar-refractivity contribution < 1.29 is 38.3 Å². The maximum Gasteiger partial charge on any atom is 0.303 e. The molecule has 3 N–H and O–H groups in total. The zero-order valence-corrected chi connectivity index (χ0v) is 17.3. The van der Waals surface area contributed by atoms with Gasteiger partial charge in [-0.05, 0) is 18.3 Å². The quantitative estimate of drug-likeness (QED) is 0.525. The number of rotatable bonds is 5. The van der Waals surface area contributed by atoms with Crippen LogP contribution in [0.25, 0.3) is 10.6 Å². The molecule has 0 saturated carbocycles. The van der Waals surface area contributed by atoms with Crippen molar-refractivity contribution in [2.45, 2.75) is 44.9 Å².